The molecule has 3 aliphatic carbocycles. The summed E-state index contributed by atoms with van der Waals surface area (Å²) in [6.07, 6.45) is 6.75. The Balaban J connectivity index is 1.42. The molecule has 0 radical (unpaired) electrons. The first kappa shape index (κ1) is 23.3. The second-order valence-electron chi connectivity index (χ2n) is 10.4. The summed E-state index contributed by atoms with van der Waals surface area (Å²) in [5.41, 5.74) is 4.27. The van der Waals surface area contributed by atoms with Crippen LogP contribution in [-0.2, 0) is 20.8 Å². The molecule has 5 rings (SSSR count). The molecule has 33 heavy (non-hydrogen) atoms. The molecule has 1 aromatic rings. The van der Waals surface area contributed by atoms with Crippen LogP contribution in [0.4, 0.5) is 0 Å². The molecule has 1 heterocycles. The van der Waals surface area contributed by atoms with Gasteiger partial charge in [0, 0.05) is 31.5 Å². The molecule has 5 heteroatoms. The highest BCUT2D eigenvalue weighted by molar-refractivity contribution is 5.34. The first-order valence-corrected chi connectivity index (χ1v) is 13.0. The second kappa shape index (κ2) is 10.1. The van der Waals surface area contributed by atoms with Crippen molar-refractivity contribution < 1.29 is 24.1 Å². The van der Waals surface area contributed by atoms with E-state index >= 15 is 0 Å². The molecular weight excluding hydrogens is 416 g/mol. The van der Waals surface area contributed by atoms with Crippen LogP contribution in [0, 0.1) is 29.6 Å². The maximum absolute atomic E-state index is 10.5. The minimum Gasteiger partial charge on any atom is -0.497 e. The van der Waals surface area contributed by atoms with Crippen molar-refractivity contribution in [1.29, 1.82) is 0 Å². The van der Waals surface area contributed by atoms with Crippen LogP contribution in [0.25, 0.3) is 0 Å². The van der Waals surface area contributed by atoms with Gasteiger partial charge in [-0.3, -0.25) is 0 Å². The Hall–Kier alpha value is -1.40. The van der Waals surface area contributed by atoms with Gasteiger partial charge in [-0.15, -0.1) is 0 Å². The summed E-state index contributed by atoms with van der Waals surface area (Å²) in [4.78, 5) is 0. The van der Waals surface area contributed by atoms with Crippen molar-refractivity contribution in [3.05, 3.63) is 41.0 Å². The summed E-state index contributed by atoms with van der Waals surface area (Å²) in [6, 6.07) is 8.15. The van der Waals surface area contributed by atoms with Gasteiger partial charge in [0.1, 0.15) is 5.75 Å². The smallest absolute Gasteiger partial charge is 0.159 e. The van der Waals surface area contributed by atoms with Crippen LogP contribution in [0.15, 0.2) is 35.4 Å². The van der Waals surface area contributed by atoms with Gasteiger partial charge in [0.05, 0.1) is 25.9 Å². The molecule has 1 saturated carbocycles. The number of benzene rings is 1. The van der Waals surface area contributed by atoms with Crippen LogP contribution in [0.3, 0.4) is 0 Å². The zero-order chi connectivity index (χ0) is 22.9. The number of hydrogen-bond acceptors (Lipinski definition) is 5. The maximum Gasteiger partial charge on any atom is 0.159 e. The van der Waals surface area contributed by atoms with Crippen molar-refractivity contribution >= 4 is 0 Å². The molecule has 0 aromatic heterocycles. The Labute approximate surface area is 198 Å². The average molecular weight is 457 g/mol. The van der Waals surface area contributed by atoms with Crippen LogP contribution in [0.5, 0.6) is 5.75 Å². The average Bonchev–Trinajstić information content (AvgIpc) is 2.84. The van der Waals surface area contributed by atoms with Gasteiger partial charge in [0.2, 0.25) is 0 Å². The SMILES string of the molecule is CCO[C@H]1C[C@@H]2C3=C(CC[C@@H]2OCc2ccc(OC)cc2)[C@@H]2CCC[C@@H](C)[C@H]2[C@H](CO)[C@@H]3O1. The van der Waals surface area contributed by atoms with Crippen molar-refractivity contribution in [2.75, 3.05) is 20.3 Å². The van der Waals surface area contributed by atoms with Crippen molar-refractivity contribution in [2.45, 2.75) is 77.5 Å². The first-order valence-electron chi connectivity index (χ1n) is 13.0. The standard InChI is InChI=1S/C28H40O5/c1-4-31-25-14-22-24(32-16-18-8-10-19(30-3)11-9-18)13-12-21-20-7-5-6-17(2)26(20)23(15-29)28(33-25)27(21)22/h8-11,17,20,22-26,28-29H,4-7,12-16H2,1-3H3/t17-,20+,22+,23+,24+,25-,26-,28+/m1/s1. The number of methoxy groups -OCH3 is 1. The molecule has 0 amide bonds. The van der Waals surface area contributed by atoms with E-state index in [0.717, 1.165) is 25.0 Å². The van der Waals surface area contributed by atoms with Crippen LogP contribution in [-0.4, -0.2) is 43.9 Å². The van der Waals surface area contributed by atoms with Crippen molar-refractivity contribution in [3.63, 3.8) is 0 Å². The third-order valence-corrected chi connectivity index (χ3v) is 8.78. The summed E-state index contributed by atoms with van der Waals surface area (Å²) in [5, 5.41) is 10.5. The highest BCUT2D eigenvalue weighted by Crippen LogP contribution is 2.57. The quantitative estimate of drug-likeness (QED) is 0.578. The fraction of sp³-hybridized carbons (Fsp3) is 0.714. The fourth-order valence-corrected chi connectivity index (χ4v) is 7.39. The number of hydrogen-bond donors (Lipinski definition) is 1. The molecule has 2 fully saturated rings. The number of ether oxygens (including phenoxy) is 4. The molecular formula is C28H40O5. The van der Waals surface area contributed by atoms with E-state index in [-0.39, 0.29) is 31.0 Å². The number of fused-ring (bicyclic) bond motifs is 2. The molecule has 5 nitrogen and oxygen atoms in total. The van der Waals surface area contributed by atoms with Crippen molar-refractivity contribution in [3.8, 4) is 5.75 Å². The van der Waals surface area contributed by atoms with E-state index in [0.29, 0.717) is 36.9 Å². The summed E-state index contributed by atoms with van der Waals surface area (Å²) in [7, 11) is 1.69. The van der Waals surface area contributed by atoms with E-state index in [1.54, 1.807) is 12.7 Å². The molecule has 0 bridgehead atoms. The predicted molar refractivity (Wildman–Crippen MR) is 127 cm³/mol. The van der Waals surface area contributed by atoms with Crippen LogP contribution < -0.4 is 4.74 Å². The van der Waals surface area contributed by atoms with Gasteiger partial charge in [0.25, 0.3) is 0 Å². The van der Waals surface area contributed by atoms with Gasteiger partial charge < -0.3 is 24.1 Å². The lowest BCUT2D eigenvalue weighted by Crippen LogP contribution is -2.55. The Bertz CT molecular complexity index is 833. The molecule has 1 aromatic carbocycles. The third-order valence-electron chi connectivity index (χ3n) is 8.78. The molecule has 182 valence electrons. The maximum atomic E-state index is 10.5. The normalized spacial score (nSPS) is 37.9. The van der Waals surface area contributed by atoms with Crippen molar-refractivity contribution in [2.24, 2.45) is 29.6 Å². The fourth-order valence-electron chi connectivity index (χ4n) is 7.39. The Kier molecular flexibility index (Phi) is 7.12. The van der Waals surface area contributed by atoms with Crippen LogP contribution in [0.2, 0.25) is 0 Å². The van der Waals surface area contributed by atoms with E-state index in [9.17, 15) is 5.11 Å². The summed E-state index contributed by atoms with van der Waals surface area (Å²) >= 11 is 0. The first-order chi connectivity index (χ1) is 16.1. The second-order valence-corrected chi connectivity index (χ2v) is 10.4. The molecule has 1 aliphatic heterocycles. The number of aliphatic hydroxyl groups is 1. The van der Waals surface area contributed by atoms with Crippen molar-refractivity contribution in [1.82, 2.24) is 0 Å². The van der Waals surface area contributed by atoms with Gasteiger partial charge in [-0.2, -0.15) is 0 Å². The lowest BCUT2D eigenvalue weighted by molar-refractivity contribution is -0.222. The largest absolute Gasteiger partial charge is 0.497 e. The van der Waals surface area contributed by atoms with Gasteiger partial charge in [-0.25, -0.2) is 0 Å². The van der Waals surface area contributed by atoms with E-state index in [1.807, 2.05) is 19.1 Å². The number of rotatable bonds is 7. The van der Waals surface area contributed by atoms with Crippen LogP contribution >= 0.6 is 0 Å². The zero-order valence-corrected chi connectivity index (χ0v) is 20.4. The van der Waals surface area contributed by atoms with Gasteiger partial charge in [-0.05, 0) is 67.2 Å². The Morgan fingerprint density at radius 1 is 1.06 bits per heavy atom. The highest BCUT2D eigenvalue weighted by Gasteiger charge is 2.54. The minimum absolute atomic E-state index is 0.0329. The lowest BCUT2D eigenvalue weighted by Gasteiger charge is -2.56. The molecule has 0 unspecified atom stereocenters. The minimum atomic E-state index is -0.218. The summed E-state index contributed by atoms with van der Waals surface area (Å²) in [5.74, 6) is 3.10. The van der Waals surface area contributed by atoms with Gasteiger partial charge in [-0.1, -0.05) is 37.5 Å². The van der Waals surface area contributed by atoms with Crippen LogP contribution in [0.1, 0.15) is 57.9 Å². The number of allylic oxidation sites excluding steroid dienone is 1. The van der Waals surface area contributed by atoms with Gasteiger partial charge >= 0.3 is 0 Å². The topological polar surface area (TPSA) is 57.2 Å². The monoisotopic (exact) mass is 456 g/mol. The number of aliphatic hydroxyl groups excluding tert-OH is 1. The lowest BCUT2D eigenvalue weighted by atomic mass is 9.54. The molecule has 1 N–H and O–H groups in total. The zero-order valence-electron chi connectivity index (χ0n) is 20.4. The van der Waals surface area contributed by atoms with E-state index in [2.05, 4.69) is 19.1 Å². The molecule has 4 aliphatic rings. The van der Waals surface area contributed by atoms with E-state index < -0.39 is 0 Å². The Morgan fingerprint density at radius 2 is 1.88 bits per heavy atom. The summed E-state index contributed by atoms with van der Waals surface area (Å²) < 4.78 is 24.5. The predicted octanol–water partition coefficient (Wildman–Crippen LogP) is 5.11. The third kappa shape index (κ3) is 4.38. The molecule has 8 atom stereocenters. The van der Waals surface area contributed by atoms with E-state index in [4.69, 9.17) is 18.9 Å². The Morgan fingerprint density at radius 3 is 2.61 bits per heavy atom. The molecule has 0 spiro atoms. The van der Waals surface area contributed by atoms with Gasteiger partial charge in [0.15, 0.2) is 6.29 Å². The molecule has 1 saturated heterocycles. The highest BCUT2D eigenvalue weighted by atomic mass is 16.7. The van der Waals surface area contributed by atoms with E-state index in [1.165, 1.54) is 30.4 Å². The summed E-state index contributed by atoms with van der Waals surface area (Å²) in [6.45, 7) is 5.85.